The fourth-order valence-electron chi connectivity index (χ4n) is 7.23. The molecule has 318 valence electrons. The third-order valence-corrected chi connectivity index (χ3v) is 11.2. The van der Waals surface area contributed by atoms with Crippen LogP contribution in [0.4, 0.5) is 0 Å². The second-order valence-electron chi connectivity index (χ2n) is 16.4. The second kappa shape index (κ2) is 36.1. The largest absolute Gasteiger partial charge is 0.462 e. The monoisotopic (exact) mass is 773 g/mol. The van der Waals surface area contributed by atoms with E-state index in [2.05, 4.69) is 20.8 Å². The van der Waals surface area contributed by atoms with Crippen molar-refractivity contribution in [1.82, 2.24) is 0 Å². The fourth-order valence-corrected chi connectivity index (χ4v) is 7.23. The minimum atomic E-state index is -0.836. The van der Waals surface area contributed by atoms with Crippen LogP contribution in [0.5, 0.6) is 0 Å². The maximum Gasteiger partial charge on any atom is 0.306 e. The lowest BCUT2D eigenvalue weighted by molar-refractivity contribution is -0.161. The van der Waals surface area contributed by atoms with Gasteiger partial charge in [-0.15, -0.1) is 0 Å². The summed E-state index contributed by atoms with van der Waals surface area (Å²) in [5, 5.41) is 19.8. The molecular weight excluding hydrogens is 689 g/mol. The molecule has 0 saturated carbocycles. The van der Waals surface area contributed by atoms with Crippen LogP contribution in [0.3, 0.4) is 0 Å². The van der Waals surface area contributed by atoms with E-state index in [4.69, 9.17) is 9.47 Å². The summed E-state index contributed by atoms with van der Waals surface area (Å²) in [7, 11) is 0. The molecule has 5 atom stereocenters. The summed E-state index contributed by atoms with van der Waals surface area (Å²) < 4.78 is 10.6. The molecule has 0 aromatic rings. The maximum atomic E-state index is 12.3. The van der Waals surface area contributed by atoms with Gasteiger partial charge in [-0.05, 0) is 50.0 Å². The number of carbonyl (C=O) groups excluding carboxylic acids is 3. The first-order valence-electron chi connectivity index (χ1n) is 23.0. The minimum absolute atomic E-state index is 0.0749. The number of carbonyl (C=O) groups is 3. The van der Waals surface area contributed by atoms with Crippen molar-refractivity contribution in [2.24, 2.45) is 17.8 Å². The Morgan fingerprint density at radius 2 is 1.27 bits per heavy atom. The number of unbranched alkanes of at least 4 members (excludes halogenated alkanes) is 20. The molecule has 0 heterocycles. The van der Waals surface area contributed by atoms with Crippen molar-refractivity contribution < 1.29 is 34.1 Å². The quantitative estimate of drug-likeness (QED) is 0.0365. The van der Waals surface area contributed by atoms with Gasteiger partial charge in [0.1, 0.15) is 6.61 Å². The molecule has 1 aliphatic carbocycles. The zero-order chi connectivity index (χ0) is 40.2. The number of rotatable bonds is 38. The van der Waals surface area contributed by atoms with Gasteiger partial charge in [0, 0.05) is 18.8 Å². The number of allylic oxidation sites excluding steroid dienone is 5. The molecule has 0 saturated heterocycles. The molecule has 7 heteroatoms. The third-order valence-electron chi connectivity index (χ3n) is 11.2. The van der Waals surface area contributed by atoms with E-state index in [-0.39, 0.29) is 49.2 Å². The lowest BCUT2D eigenvalue weighted by Gasteiger charge is -2.15. The maximum absolute atomic E-state index is 12.3. The van der Waals surface area contributed by atoms with Crippen LogP contribution in [-0.2, 0) is 23.9 Å². The number of aliphatic hydroxyl groups excluding tert-OH is 2. The summed E-state index contributed by atoms with van der Waals surface area (Å²) in [6.07, 6.45) is 42.6. The number of hydrogen-bond acceptors (Lipinski definition) is 7. The Balaban J connectivity index is 1.98. The Hall–Kier alpha value is -2.25. The zero-order valence-corrected chi connectivity index (χ0v) is 35.7. The van der Waals surface area contributed by atoms with E-state index < -0.39 is 12.2 Å². The first-order valence-corrected chi connectivity index (χ1v) is 23.0. The van der Waals surface area contributed by atoms with Gasteiger partial charge in [-0.3, -0.25) is 14.4 Å². The highest BCUT2D eigenvalue weighted by Gasteiger charge is 2.27. The van der Waals surface area contributed by atoms with Crippen molar-refractivity contribution in [2.75, 3.05) is 13.2 Å². The van der Waals surface area contributed by atoms with Gasteiger partial charge in [0.05, 0.1) is 12.7 Å². The van der Waals surface area contributed by atoms with Gasteiger partial charge in [-0.2, -0.15) is 0 Å². The fraction of sp³-hybridized carbons (Fsp3) is 0.812. The van der Waals surface area contributed by atoms with Crippen molar-refractivity contribution in [3.8, 4) is 0 Å². The van der Waals surface area contributed by atoms with E-state index in [1.54, 1.807) is 12.2 Å². The summed E-state index contributed by atoms with van der Waals surface area (Å²) in [5.41, 5.74) is 0. The van der Waals surface area contributed by atoms with Gasteiger partial charge in [0.25, 0.3) is 0 Å². The predicted molar refractivity (Wildman–Crippen MR) is 228 cm³/mol. The van der Waals surface area contributed by atoms with Crippen LogP contribution in [-0.4, -0.2) is 53.4 Å². The molecular formula is C48H84O7. The van der Waals surface area contributed by atoms with Crippen LogP contribution in [0.25, 0.3) is 0 Å². The molecule has 0 amide bonds. The summed E-state index contributed by atoms with van der Waals surface area (Å²) in [4.78, 5) is 36.8. The number of ketones is 1. The van der Waals surface area contributed by atoms with Crippen molar-refractivity contribution in [3.63, 3.8) is 0 Å². The molecule has 0 bridgehead atoms. The average Bonchev–Trinajstić information content (AvgIpc) is 3.54. The minimum Gasteiger partial charge on any atom is -0.462 e. The van der Waals surface area contributed by atoms with Crippen LogP contribution in [0.1, 0.15) is 207 Å². The Morgan fingerprint density at radius 3 is 1.84 bits per heavy atom. The van der Waals surface area contributed by atoms with Crippen LogP contribution >= 0.6 is 0 Å². The smallest absolute Gasteiger partial charge is 0.306 e. The molecule has 0 radical (unpaired) electrons. The highest BCUT2D eigenvalue weighted by atomic mass is 16.6. The summed E-state index contributed by atoms with van der Waals surface area (Å²) in [6, 6.07) is 0. The Kier molecular flexibility index (Phi) is 33.3. The van der Waals surface area contributed by atoms with Crippen molar-refractivity contribution in [1.29, 1.82) is 0 Å². The standard InChI is InChI=1S/C48H84O7/c1-4-6-25-32-43(50)36-37-45-42(35-38-46(45)51)31-27-23-24-28-33-47(52)54-40-44(39-49)55-48(53)34-29-22-20-18-16-14-12-10-8-7-9-11-13-15-17-19-21-26-30-41(3)5-2/h23,27,35-38,41-45,49-50H,4-22,24-26,28-34,39-40H2,1-3H3/b27-23-,37-36+/t41?,42-,43-,44-,45+/m0/s1. The molecule has 1 unspecified atom stereocenters. The average molecular weight is 773 g/mol. The van der Waals surface area contributed by atoms with Crippen LogP contribution < -0.4 is 0 Å². The zero-order valence-electron chi connectivity index (χ0n) is 35.7. The molecule has 0 aromatic heterocycles. The molecule has 0 spiro atoms. The van der Waals surface area contributed by atoms with E-state index in [9.17, 15) is 24.6 Å². The van der Waals surface area contributed by atoms with Gasteiger partial charge in [0.2, 0.25) is 0 Å². The van der Waals surface area contributed by atoms with Gasteiger partial charge >= 0.3 is 11.9 Å². The number of hydrogen-bond donors (Lipinski definition) is 2. The Labute approximate surface area is 337 Å². The lowest BCUT2D eigenvalue weighted by Crippen LogP contribution is -2.28. The predicted octanol–water partition coefficient (Wildman–Crippen LogP) is 12.3. The summed E-state index contributed by atoms with van der Waals surface area (Å²) >= 11 is 0. The number of aliphatic hydroxyl groups is 2. The Bertz CT molecular complexity index is 1030. The highest BCUT2D eigenvalue weighted by molar-refractivity contribution is 5.95. The first kappa shape index (κ1) is 50.8. The molecule has 0 aliphatic heterocycles. The van der Waals surface area contributed by atoms with Crippen molar-refractivity contribution in [3.05, 3.63) is 36.5 Å². The van der Waals surface area contributed by atoms with Crippen LogP contribution in [0, 0.1) is 17.8 Å². The number of ether oxygens (including phenoxy) is 2. The number of esters is 2. The SMILES string of the molecule is CCCCC[C@H](O)/C=C/[C@H]1C(=O)C=C[C@@H]1C/C=C\CCCC(=O)OC[C@H](CO)OC(=O)CCCCCCCCCCCCCCCCCCCCC(C)CC. The van der Waals surface area contributed by atoms with E-state index in [0.717, 1.165) is 57.3 Å². The molecule has 1 rings (SSSR count). The van der Waals surface area contributed by atoms with E-state index in [1.165, 1.54) is 109 Å². The molecule has 55 heavy (non-hydrogen) atoms. The van der Waals surface area contributed by atoms with Crippen molar-refractivity contribution in [2.45, 2.75) is 219 Å². The molecule has 0 aromatic carbocycles. The lowest BCUT2D eigenvalue weighted by atomic mass is 9.90. The van der Waals surface area contributed by atoms with Gasteiger partial charge in [-0.1, -0.05) is 192 Å². The topological polar surface area (TPSA) is 110 Å². The summed E-state index contributed by atoms with van der Waals surface area (Å²) in [6.45, 7) is 6.29. The molecule has 1 aliphatic rings. The van der Waals surface area contributed by atoms with Crippen LogP contribution in [0.15, 0.2) is 36.5 Å². The Morgan fingerprint density at radius 1 is 0.727 bits per heavy atom. The van der Waals surface area contributed by atoms with E-state index >= 15 is 0 Å². The van der Waals surface area contributed by atoms with E-state index in [0.29, 0.717) is 19.3 Å². The first-order chi connectivity index (χ1) is 26.8. The van der Waals surface area contributed by atoms with Gasteiger partial charge < -0.3 is 19.7 Å². The van der Waals surface area contributed by atoms with Crippen molar-refractivity contribution >= 4 is 17.7 Å². The third kappa shape index (κ3) is 29.6. The molecule has 2 N–H and O–H groups in total. The van der Waals surface area contributed by atoms with Gasteiger partial charge in [-0.25, -0.2) is 0 Å². The van der Waals surface area contributed by atoms with E-state index in [1.807, 2.05) is 24.3 Å². The molecule has 7 nitrogen and oxygen atoms in total. The molecule has 0 fully saturated rings. The van der Waals surface area contributed by atoms with Gasteiger partial charge in [0.15, 0.2) is 11.9 Å². The summed E-state index contributed by atoms with van der Waals surface area (Å²) in [5.74, 6) is 0.0886. The second-order valence-corrected chi connectivity index (χ2v) is 16.4. The highest BCUT2D eigenvalue weighted by Crippen LogP contribution is 2.28. The normalized spacial score (nSPS) is 17.4. The van der Waals surface area contributed by atoms with Crippen LogP contribution in [0.2, 0.25) is 0 Å².